The largest absolute Gasteiger partial charge is 0.477 e. The molecule has 9 heteroatoms. The molecule has 0 aliphatic rings. The Bertz CT molecular complexity index is 918. The van der Waals surface area contributed by atoms with Gasteiger partial charge in [0, 0.05) is 6.42 Å². The maximum Gasteiger partial charge on any atom is 0.346 e. The SMILES string of the molecule is Cc1c(C(=O)O)sc2ncnc(NC(C)c3nc(CC(C)C)no3)c12. The van der Waals surface area contributed by atoms with Gasteiger partial charge in [0.1, 0.15) is 27.9 Å². The standard InChI is InChI=1S/C16H19N5O3S/c1-7(2)5-10-20-14(24-21-10)9(4)19-13-11-8(3)12(16(22)23)25-15(11)18-6-17-13/h6-7,9H,5H2,1-4H3,(H,22,23)(H,17,18,19). The molecule has 1 atom stereocenters. The summed E-state index contributed by atoms with van der Waals surface area (Å²) in [5.74, 6) is 1.18. The van der Waals surface area contributed by atoms with Gasteiger partial charge in [-0.3, -0.25) is 0 Å². The smallest absolute Gasteiger partial charge is 0.346 e. The zero-order chi connectivity index (χ0) is 18.1. The minimum absolute atomic E-state index is 0.265. The predicted molar refractivity (Wildman–Crippen MR) is 94.0 cm³/mol. The monoisotopic (exact) mass is 361 g/mol. The van der Waals surface area contributed by atoms with Crippen LogP contribution in [0.4, 0.5) is 5.82 Å². The molecule has 132 valence electrons. The van der Waals surface area contributed by atoms with Gasteiger partial charge >= 0.3 is 5.97 Å². The van der Waals surface area contributed by atoms with Crippen molar-refractivity contribution in [3.63, 3.8) is 0 Å². The van der Waals surface area contributed by atoms with E-state index in [1.54, 1.807) is 6.92 Å². The van der Waals surface area contributed by atoms with Crippen molar-refractivity contribution in [2.45, 2.75) is 40.2 Å². The number of carboxylic acid groups (broad SMARTS) is 1. The highest BCUT2D eigenvalue weighted by molar-refractivity contribution is 7.20. The molecule has 0 amide bonds. The number of hydrogen-bond donors (Lipinski definition) is 2. The van der Waals surface area contributed by atoms with Gasteiger partial charge in [-0.05, 0) is 25.3 Å². The number of carbonyl (C=O) groups is 1. The Morgan fingerprint density at radius 2 is 2.12 bits per heavy atom. The van der Waals surface area contributed by atoms with Gasteiger partial charge < -0.3 is 14.9 Å². The van der Waals surface area contributed by atoms with Crippen LogP contribution in [0.5, 0.6) is 0 Å². The molecule has 0 bridgehead atoms. The second-order valence-electron chi connectivity index (χ2n) is 6.28. The number of nitrogens with zero attached hydrogens (tertiary/aromatic N) is 4. The molecule has 0 aromatic carbocycles. The van der Waals surface area contributed by atoms with Gasteiger partial charge in [0.2, 0.25) is 5.89 Å². The Balaban J connectivity index is 1.89. The second-order valence-corrected chi connectivity index (χ2v) is 7.28. The predicted octanol–water partition coefficient (Wildman–Crippen LogP) is 3.45. The molecule has 0 aliphatic heterocycles. The summed E-state index contributed by atoms with van der Waals surface area (Å²) in [6, 6.07) is -0.265. The van der Waals surface area contributed by atoms with E-state index in [2.05, 4.69) is 39.3 Å². The van der Waals surface area contributed by atoms with Crippen molar-refractivity contribution in [2.24, 2.45) is 5.92 Å². The first-order valence-electron chi connectivity index (χ1n) is 7.93. The normalized spacial score (nSPS) is 12.7. The van der Waals surface area contributed by atoms with Crippen LogP contribution in [0.3, 0.4) is 0 Å². The third kappa shape index (κ3) is 3.46. The zero-order valence-electron chi connectivity index (χ0n) is 14.4. The Hall–Kier alpha value is -2.55. The number of aryl methyl sites for hydroxylation is 1. The highest BCUT2D eigenvalue weighted by atomic mass is 32.1. The van der Waals surface area contributed by atoms with E-state index in [9.17, 15) is 9.90 Å². The van der Waals surface area contributed by atoms with Crippen LogP contribution in [0.15, 0.2) is 10.9 Å². The second kappa shape index (κ2) is 6.75. The third-order valence-corrected chi connectivity index (χ3v) is 4.91. The molecule has 1 unspecified atom stereocenters. The number of thiophene rings is 1. The van der Waals surface area contributed by atoms with E-state index >= 15 is 0 Å². The summed E-state index contributed by atoms with van der Waals surface area (Å²) in [6.45, 7) is 7.83. The fourth-order valence-electron chi connectivity index (χ4n) is 2.54. The van der Waals surface area contributed by atoms with Crippen molar-refractivity contribution in [3.05, 3.63) is 28.5 Å². The molecule has 0 saturated carbocycles. The van der Waals surface area contributed by atoms with Crippen LogP contribution in [0.25, 0.3) is 10.2 Å². The van der Waals surface area contributed by atoms with Crippen molar-refractivity contribution in [1.29, 1.82) is 0 Å². The minimum Gasteiger partial charge on any atom is -0.477 e. The number of rotatable bonds is 6. The lowest BCUT2D eigenvalue weighted by Gasteiger charge is -2.11. The summed E-state index contributed by atoms with van der Waals surface area (Å²) in [4.78, 5) is 25.1. The number of nitrogens with one attached hydrogen (secondary N) is 1. The summed E-state index contributed by atoms with van der Waals surface area (Å²) < 4.78 is 5.33. The van der Waals surface area contributed by atoms with Crippen molar-refractivity contribution in [1.82, 2.24) is 20.1 Å². The van der Waals surface area contributed by atoms with E-state index in [0.29, 0.717) is 39.2 Å². The van der Waals surface area contributed by atoms with E-state index in [1.807, 2.05) is 6.92 Å². The van der Waals surface area contributed by atoms with Gasteiger partial charge in [-0.1, -0.05) is 19.0 Å². The molecule has 0 fully saturated rings. The number of hydrogen-bond acceptors (Lipinski definition) is 8. The Morgan fingerprint density at radius 1 is 1.36 bits per heavy atom. The van der Waals surface area contributed by atoms with Gasteiger partial charge in [0.15, 0.2) is 5.82 Å². The molecule has 2 N–H and O–H groups in total. The molecule has 25 heavy (non-hydrogen) atoms. The lowest BCUT2D eigenvalue weighted by Crippen LogP contribution is -2.09. The van der Waals surface area contributed by atoms with Crippen molar-refractivity contribution < 1.29 is 14.4 Å². The van der Waals surface area contributed by atoms with Crippen LogP contribution in [-0.4, -0.2) is 31.2 Å². The topological polar surface area (TPSA) is 114 Å². The molecular weight excluding hydrogens is 342 g/mol. The van der Waals surface area contributed by atoms with E-state index in [-0.39, 0.29) is 10.9 Å². The van der Waals surface area contributed by atoms with E-state index in [4.69, 9.17) is 4.52 Å². The fourth-order valence-corrected chi connectivity index (χ4v) is 3.53. The summed E-state index contributed by atoms with van der Waals surface area (Å²) in [5, 5.41) is 17.2. The number of aromatic carboxylic acids is 1. The van der Waals surface area contributed by atoms with Crippen molar-refractivity contribution in [3.8, 4) is 0 Å². The Labute approximate surface area is 148 Å². The van der Waals surface area contributed by atoms with Gasteiger partial charge in [0.05, 0.1) is 5.39 Å². The maximum atomic E-state index is 11.3. The van der Waals surface area contributed by atoms with Crippen LogP contribution in [0.2, 0.25) is 0 Å². The maximum absolute atomic E-state index is 11.3. The van der Waals surface area contributed by atoms with E-state index in [1.165, 1.54) is 6.33 Å². The average Bonchev–Trinajstić information content (AvgIpc) is 3.12. The summed E-state index contributed by atoms with van der Waals surface area (Å²) in [6.07, 6.45) is 2.16. The molecule has 3 heterocycles. The zero-order valence-corrected chi connectivity index (χ0v) is 15.2. The molecule has 3 aromatic heterocycles. The van der Waals surface area contributed by atoms with Crippen molar-refractivity contribution in [2.75, 3.05) is 5.32 Å². The third-order valence-electron chi connectivity index (χ3n) is 3.72. The van der Waals surface area contributed by atoms with Gasteiger partial charge in [-0.2, -0.15) is 4.98 Å². The minimum atomic E-state index is -0.963. The first-order chi connectivity index (χ1) is 11.9. The van der Waals surface area contributed by atoms with Crippen LogP contribution >= 0.6 is 11.3 Å². The molecular formula is C16H19N5O3S. The number of aromatic nitrogens is 4. The summed E-state index contributed by atoms with van der Waals surface area (Å²) in [5.41, 5.74) is 0.647. The summed E-state index contributed by atoms with van der Waals surface area (Å²) >= 11 is 1.14. The van der Waals surface area contributed by atoms with E-state index in [0.717, 1.165) is 17.8 Å². The molecule has 3 rings (SSSR count). The molecule has 8 nitrogen and oxygen atoms in total. The highest BCUT2D eigenvalue weighted by Crippen LogP contribution is 2.34. The van der Waals surface area contributed by atoms with Gasteiger partial charge in [-0.25, -0.2) is 14.8 Å². The van der Waals surface area contributed by atoms with Crippen LogP contribution in [0.1, 0.15) is 53.8 Å². The van der Waals surface area contributed by atoms with Crippen molar-refractivity contribution >= 4 is 33.3 Å². The number of anilines is 1. The molecule has 0 radical (unpaired) electrons. The van der Waals surface area contributed by atoms with Gasteiger partial charge in [0.25, 0.3) is 0 Å². The summed E-state index contributed by atoms with van der Waals surface area (Å²) in [7, 11) is 0. The average molecular weight is 361 g/mol. The highest BCUT2D eigenvalue weighted by Gasteiger charge is 2.21. The lowest BCUT2D eigenvalue weighted by atomic mass is 10.1. The molecule has 0 saturated heterocycles. The molecule has 3 aromatic rings. The quantitative estimate of drug-likeness (QED) is 0.686. The van der Waals surface area contributed by atoms with E-state index < -0.39 is 5.97 Å². The lowest BCUT2D eigenvalue weighted by molar-refractivity contribution is 0.0701. The number of fused-ring (bicyclic) bond motifs is 1. The first kappa shape index (κ1) is 17.3. The molecule has 0 spiro atoms. The Morgan fingerprint density at radius 3 is 2.80 bits per heavy atom. The number of carboxylic acids is 1. The van der Waals surface area contributed by atoms with Crippen LogP contribution in [-0.2, 0) is 6.42 Å². The van der Waals surface area contributed by atoms with Crippen LogP contribution < -0.4 is 5.32 Å². The van der Waals surface area contributed by atoms with Crippen LogP contribution in [0, 0.1) is 12.8 Å². The Kier molecular flexibility index (Phi) is 4.67. The molecule has 0 aliphatic carbocycles. The van der Waals surface area contributed by atoms with Gasteiger partial charge in [-0.15, -0.1) is 11.3 Å². The fraction of sp³-hybridized carbons (Fsp3) is 0.438. The first-order valence-corrected chi connectivity index (χ1v) is 8.74.